The number of hydrogen-bond donors (Lipinski definition) is 0. The van der Waals surface area contributed by atoms with Crippen LogP contribution < -0.4 is 4.74 Å². The van der Waals surface area contributed by atoms with Gasteiger partial charge in [0.05, 0.1) is 7.11 Å². The van der Waals surface area contributed by atoms with Crippen LogP contribution in [0.15, 0.2) is 54.6 Å². The molecule has 6 heteroatoms. The topological polar surface area (TPSA) is 58.6 Å². The van der Waals surface area contributed by atoms with Crippen LogP contribution in [-0.2, 0) is 12.0 Å². The summed E-state index contributed by atoms with van der Waals surface area (Å²) in [6.07, 6.45) is 2.07. The lowest BCUT2D eigenvalue weighted by molar-refractivity contribution is 0.0820. The van der Waals surface area contributed by atoms with Crippen molar-refractivity contribution in [3.05, 3.63) is 77.4 Å². The Balaban J connectivity index is 1.56. The van der Waals surface area contributed by atoms with Gasteiger partial charge in [-0.2, -0.15) is 0 Å². The second-order valence-corrected chi connectivity index (χ2v) is 9.69. The summed E-state index contributed by atoms with van der Waals surface area (Å²) in [6.45, 7) is 6.90. The van der Waals surface area contributed by atoms with E-state index >= 15 is 0 Å². The molecule has 0 aliphatic carbocycles. The standard InChI is InChI=1S/C28H34N4O2/c1-20-16-24(26(33)31(3)4)30-27(29-20)28(2)14-9-15-32(19-28)18-21-10-8-11-22(17-21)23-12-6-7-13-25(23)34-5/h6-8,10-13,16-17H,9,14-15,18-19H2,1-5H3/t28-/m0/s1. The number of methoxy groups -OCH3 is 1. The van der Waals surface area contributed by atoms with E-state index in [1.807, 2.05) is 25.1 Å². The van der Waals surface area contributed by atoms with E-state index in [0.29, 0.717) is 5.69 Å². The highest BCUT2D eigenvalue weighted by Crippen LogP contribution is 2.34. The van der Waals surface area contributed by atoms with Crippen LogP contribution in [0.5, 0.6) is 5.75 Å². The number of carbonyl (C=O) groups is 1. The smallest absolute Gasteiger partial charge is 0.272 e. The fraction of sp³-hybridized carbons (Fsp3) is 0.393. The van der Waals surface area contributed by atoms with Crippen LogP contribution in [0.2, 0.25) is 0 Å². The number of carbonyl (C=O) groups excluding carboxylic acids is 1. The lowest BCUT2D eigenvalue weighted by Gasteiger charge is -2.39. The number of aromatic nitrogens is 2. The number of nitrogens with zero attached hydrogens (tertiary/aromatic N) is 4. The molecule has 0 radical (unpaired) electrons. The predicted octanol–water partition coefficient (Wildman–Crippen LogP) is 4.72. The molecule has 3 aromatic rings. The summed E-state index contributed by atoms with van der Waals surface area (Å²) in [7, 11) is 5.22. The van der Waals surface area contributed by atoms with E-state index in [1.54, 1.807) is 32.2 Å². The fourth-order valence-electron chi connectivity index (χ4n) is 4.82. The minimum Gasteiger partial charge on any atom is -0.496 e. The van der Waals surface area contributed by atoms with Crippen LogP contribution in [0.3, 0.4) is 0 Å². The first-order valence-electron chi connectivity index (χ1n) is 11.8. The van der Waals surface area contributed by atoms with E-state index in [1.165, 1.54) is 5.56 Å². The van der Waals surface area contributed by atoms with Crippen LogP contribution in [0.4, 0.5) is 0 Å². The number of rotatable bonds is 6. The lowest BCUT2D eigenvalue weighted by Crippen LogP contribution is -2.45. The number of benzene rings is 2. The molecule has 178 valence electrons. The van der Waals surface area contributed by atoms with Crippen LogP contribution in [-0.4, -0.2) is 60.0 Å². The van der Waals surface area contributed by atoms with Gasteiger partial charge in [-0.3, -0.25) is 9.69 Å². The molecule has 34 heavy (non-hydrogen) atoms. The zero-order chi connectivity index (χ0) is 24.3. The van der Waals surface area contributed by atoms with Gasteiger partial charge in [-0.1, -0.05) is 43.3 Å². The Kier molecular flexibility index (Phi) is 6.98. The van der Waals surface area contributed by atoms with Crippen LogP contribution in [0.1, 0.15) is 47.3 Å². The molecule has 1 amide bonds. The van der Waals surface area contributed by atoms with Gasteiger partial charge in [0, 0.05) is 43.9 Å². The normalized spacial score (nSPS) is 18.5. The van der Waals surface area contributed by atoms with Crippen molar-refractivity contribution in [2.45, 2.75) is 38.6 Å². The number of amides is 1. The molecule has 0 bridgehead atoms. The molecule has 2 aromatic carbocycles. The molecule has 1 fully saturated rings. The third-order valence-corrected chi connectivity index (χ3v) is 6.55. The molecule has 0 unspecified atom stereocenters. The summed E-state index contributed by atoms with van der Waals surface area (Å²) in [5.74, 6) is 1.56. The van der Waals surface area contributed by atoms with E-state index in [4.69, 9.17) is 14.7 Å². The Bertz CT molecular complexity index is 1180. The Hall–Kier alpha value is -3.25. The van der Waals surface area contributed by atoms with Crippen molar-refractivity contribution in [3.8, 4) is 16.9 Å². The summed E-state index contributed by atoms with van der Waals surface area (Å²) in [4.78, 5) is 26.1. The summed E-state index contributed by atoms with van der Waals surface area (Å²) < 4.78 is 5.57. The van der Waals surface area contributed by atoms with E-state index in [9.17, 15) is 4.79 Å². The van der Waals surface area contributed by atoms with Gasteiger partial charge in [0.2, 0.25) is 0 Å². The van der Waals surface area contributed by atoms with Gasteiger partial charge in [-0.15, -0.1) is 0 Å². The van der Waals surface area contributed by atoms with Crippen molar-refractivity contribution in [3.63, 3.8) is 0 Å². The van der Waals surface area contributed by atoms with Crippen molar-refractivity contribution in [1.82, 2.24) is 19.8 Å². The third kappa shape index (κ3) is 5.12. The van der Waals surface area contributed by atoms with Crippen molar-refractivity contribution < 1.29 is 9.53 Å². The van der Waals surface area contributed by atoms with E-state index in [2.05, 4.69) is 42.2 Å². The molecule has 4 rings (SSSR count). The first-order chi connectivity index (χ1) is 16.3. The SMILES string of the molecule is COc1ccccc1-c1cccc(CN2CCC[C@](C)(c3nc(C)cc(C(=O)N(C)C)n3)C2)c1. The molecule has 2 heterocycles. The highest BCUT2D eigenvalue weighted by atomic mass is 16.5. The molecule has 1 atom stereocenters. The Labute approximate surface area is 202 Å². The number of ether oxygens (including phenoxy) is 1. The molecule has 0 N–H and O–H groups in total. The first-order valence-corrected chi connectivity index (χ1v) is 11.8. The van der Waals surface area contributed by atoms with Crippen molar-refractivity contribution in [2.24, 2.45) is 0 Å². The number of likely N-dealkylation sites (tertiary alicyclic amines) is 1. The molecule has 0 spiro atoms. The summed E-state index contributed by atoms with van der Waals surface area (Å²) in [5, 5.41) is 0. The van der Waals surface area contributed by atoms with E-state index in [0.717, 1.165) is 60.9 Å². The number of piperidine rings is 1. The van der Waals surface area contributed by atoms with Crippen molar-refractivity contribution in [1.29, 1.82) is 0 Å². The largest absolute Gasteiger partial charge is 0.496 e. The average molecular weight is 459 g/mol. The van der Waals surface area contributed by atoms with Gasteiger partial charge >= 0.3 is 0 Å². The van der Waals surface area contributed by atoms with Gasteiger partial charge in [0.25, 0.3) is 5.91 Å². The van der Waals surface area contributed by atoms with Gasteiger partial charge in [0.1, 0.15) is 17.3 Å². The number of hydrogen-bond acceptors (Lipinski definition) is 5. The van der Waals surface area contributed by atoms with Crippen LogP contribution in [0, 0.1) is 6.92 Å². The minimum atomic E-state index is -0.203. The number of para-hydroxylation sites is 1. The maximum Gasteiger partial charge on any atom is 0.272 e. The van der Waals surface area contributed by atoms with Crippen LogP contribution in [0.25, 0.3) is 11.1 Å². The summed E-state index contributed by atoms with van der Waals surface area (Å²) in [6, 6.07) is 18.6. The first kappa shape index (κ1) is 23.9. The quantitative estimate of drug-likeness (QED) is 0.535. The second-order valence-electron chi connectivity index (χ2n) is 9.69. The molecular weight excluding hydrogens is 424 g/mol. The summed E-state index contributed by atoms with van der Waals surface area (Å²) in [5.41, 5.74) is 4.62. The van der Waals surface area contributed by atoms with Crippen molar-refractivity contribution >= 4 is 5.91 Å². The fourth-order valence-corrected chi connectivity index (χ4v) is 4.82. The Morgan fingerprint density at radius 2 is 1.91 bits per heavy atom. The molecule has 1 aliphatic rings. The lowest BCUT2D eigenvalue weighted by atomic mass is 9.80. The molecule has 1 saturated heterocycles. The molecule has 1 aromatic heterocycles. The molecular formula is C28H34N4O2. The monoisotopic (exact) mass is 458 g/mol. The third-order valence-electron chi connectivity index (χ3n) is 6.55. The van der Waals surface area contributed by atoms with Crippen LogP contribution >= 0.6 is 0 Å². The molecule has 6 nitrogen and oxygen atoms in total. The summed E-state index contributed by atoms with van der Waals surface area (Å²) >= 11 is 0. The van der Waals surface area contributed by atoms with E-state index in [-0.39, 0.29) is 11.3 Å². The molecule has 1 aliphatic heterocycles. The Morgan fingerprint density at radius 1 is 1.12 bits per heavy atom. The van der Waals surface area contributed by atoms with Gasteiger partial charge < -0.3 is 9.64 Å². The zero-order valence-electron chi connectivity index (χ0n) is 20.8. The maximum atomic E-state index is 12.6. The zero-order valence-corrected chi connectivity index (χ0v) is 20.8. The van der Waals surface area contributed by atoms with Gasteiger partial charge in [-0.05, 0) is 55.6 Å². The second kappa shape index (κ2) is 9.94. The van der Waals surface area contributed by atoms with Gasteiger partial charge in [-0.25, -0.2) is 9.97 Å². The maximum absolute atomic E-state index is 12.6. The minimum absolute atomic E-state index is 0.0869. The predicted molar refractivity (Wildman–Crippen MR) is 135 cm³/mol. The highest BCUT2D eigenvalue weighted by Gasteiger charge is 2.36. The molecule has 0 saturated carbocycles. The number of aryl methyl sites for hydroxylation is 1. The Morgan fingerprint density at radius 3 is 2.68 bits per heavy atom. The van der Waals surface area contributed by atoms with E-state index < -0.39 is 0 Å². The highest BCUT2D eigenvalue weighted by molar-refractivity contribution is 5.92. The van der Waals surface area contributed by atoms with Crippen molar-refractivity contribution in [2.75, 3.05) is 34.3 Å². The average Bonchev–Trinajstić information content (AvgIpc) is 2.83. The van der Waals surface area contributed by atoms with Gasteiger partial charge in [0.15, 0.2) is 0 Å².